The molecule has 2 aromatic heterocycles. The van der Waals surface area contributed by atoms with Crippen molar-refractivity contribution >= 4 is 28.3 Å². The number of benzene rings is 1. The number of aromatic amines is 1. The molecule has 0 radical (unpaired) electrons. The number of aromatic nitrogens is 3. The number of hydrogen-bond acceptors (Lipinski definition) is 4. The van der Waals surface area contributed by atoms with E-state index < -0.39 is 0 Å². The van der Waals surface area contributed by atoms with Crippen LogP contribution in [-0.2, 0) is 0 Å². The quantitative estimate of drug-likeness (QED) is 0.755. The number of fused-ring (bicyclic) bond motifs is 1. The van der Waals surface area contributed by atoms with Crippen LogP contribution in [0.2, 0.25) is 0 Å². The van der Waals surface area contributed by atoms with Gasteiger partial charge in [-0.2, -0.15) is 0 Å². The van der Waals surface area contributed by atoms with Crippen LogP contribution in [-0.4, -0.2) is 21.5 Å². The molecule has 2 heterocycles. The predicted molar refractivity (Wildman–Crippen MR) is 75.1 cm³/mol. The third-order valence-electron chi connectivity index (χ3n) is 2.84. The van der Waals surface area contributed by atoms with E-state index in [-0.39, 0.29) is 0 Å². The first-order valence-electron chi connectivity index (χ1n) is 5.91. The predicted octanol–water partition coefficient (Wildman–Crippen LogP) is 3.24. The van der Waals surface area contributed by atoms with Gasteiger partial charge in [-0.3, -0.25) is 0 Å². The second kappa shape index (κ2) is 4.78. The van der Waals surface area contributed by atoms with E-state index >= 15 is 0 Å². The molecule has 4 nitrogen and oxygen atoms in total. The second-order valence-corrected chi connectivity index (χ2v) is 5.18. The van der Waals surface area contributed by atoms with Crippen LogP contribution in [0, 0.1) is 0 Å². The average Bonchev–Trinajstić information content (AvgIpc) is 3.04. The van der Waals surface area contributed by atoms with Crippen molar-refractivity contribution in [3.63, 3.8) is 0 Å². The minimum absolute atomic E-state index is 0.387. The molecule has 0 bridgehead atoms. The minimum atomic E-state index is 0.387. The standard InChI is InChI=1S/C13H14N4S/c1-9(12-14-6-7-18-12)8-15-13-16-10-4-2-3-5-11(10)17-13/h2-7,9H,8H2,1H3,(H2,15,16,17)/t9-/m0/s1. The Balaban J connectivity index is 1.69. The lowest BCUT2D eigenvalue weighted by Crippen LogP contribution is -2.10. The van der Waals surface area contributed by atoms with Crippen molar-refractivity contribution in [3.05, 3.63) is 40.8 Å². The lowest BCUT2D eigenvalue weighted by Gasteiger charge is -2.08. The molecule has 0 aliphatic rings. The molecule has 5 heteroatoms. The maximum atomic E-state index is 4.48. The van der Waals surface area contributed by atoms with Gasteiger partial charge < -0.3 is 10.3 Å². The zero-order valence-corrected chi connectivity index (χ0v) is 10.9. The fraction of sp³-hybridized carbons (Fsp3) is 0.231. The van der Waals surface area contributed by atoms with Gasteiger partial charge in [0.15, 0.2) is 0 Å². The number of H-pyrrole nitrogens is 1. The Hall–Kier alpha value is -1.88. The van der Waals surface area contributed by atoms with E-state index in [1.54, 1.807) is 11.3 Å². The van der Waals surface area contributed by atoms with Crippen LogP contribution in [0.1, 0.15) is 17.8 Å². The van der Waals surface area contributed by atoms with Gasteiger partial charge in [-0.15, -0.1) is 11.3 Å². The van der Waals surface area contributed by atoms with Gasteiger partial charge in [0.1, 0.15) is 0 Å². The molecule has 18 heavy (non-hydrogen) atoms. The van der Waals surface area contributed by atoms with Crippen molar-refractivity contribution in [1.29, 1.82) is 0 Å². The molecule has 3 aromatic rings. The average molecular weight is 258 g/mol. The van der Waals surface area contributed by atoms with E-state index in [4.69, 9.17) is 0 Å². The Kier molecular flexibility index (Phi) is 2.98. The van der Waals surface area contributed by atoms with Crippen LogP contribution in [0.25, 0.3) is 11.0 Å². The molecular weight excluding hydrogens is 244 g/mol. The van der Waals surface area contributed by atoms with E-state index in [2.05, 4.69) is 27.2 Å². The van der Waals surface area contributed by atoms with Gasteiger partial charge in [0.05, 0.1) is 16.0 Å². The second-order valence-electron chi connectivity index (χ2n) is 4.25. The molecule has 0 aliphatic heterocycles. The minimum Gasteiger partial charge on any atom is -0.355 e. The molecular formula is C13H14N4S. The summed E-state index contributed by atoms with van der Waals surface area (Å²) < 4.78 is 0. The monoisotopic (exact) mass is 258 g/mol. The van der Waals surface area contributed by atoms with Crippen molar-refractivity contribution in [3.8, 4) is 0 Å². The molecule has 1 atom stereocenters. The fourth-order valence-electron chi connectivity index (χ4n) is 1.85. The summed E-state index contributed by atoms with van der Waals surface area (Å²) in [6, 6.07) is 8.02. The van der Waals surface area contributed by atoms with Gasteiger partial charge in [-0.1, -0.05) is 19.1 Å². The largest absolute Gasteiger partial charge is 0.355 e. The van der Waals surface area contributed by atoms with Crippen LogP contribution < -0.4 is 5.32 Å². The number of imidazole rings is 1. The van der Waals surface area contributed by atoms with E-state index in [1.807, 2.05) is 35.8 Å². The van der Waals surface area contributed by atoms with Gasteiger partial charge >= 0.3 is 0 Å². The lowest BCUT2D eigenvalue weighted by molar-refractivity contribution is 0.790. The maximum absolute atomic E-state index is 4.48. The summed E-state index contributed by atoms with van der Waals surface area (Å²) >= 11 is 1.69. The van der Waals surface area contributed by atoms with Crippen molar-refractivity contribution in [1.82, 2.24) is 15.0 Å². The van der Waals surface area contributed by atoms with Crippen LogP contribution in [0.3, 0.4) is 0 Å². The van der Waals surface area contributed by atoms with Crippen molar-refractivity contribution < 1.29 is 0 Å². The van der Waals surface area contributed by atoms with E-state index in [1.165, 1.54) is 0 Å². The number of nitrogens with one attached hydrogen (secondary N) is 2. The Bertz CT molecular complexity index is 596. The summed E-state index contributed by atoms with van der Waals surface area (Å²) in [5.41, 5.74) is 2.05. The molecule has 0 aliphatic carbocycles. The van der Waals surface area contributed by atoms with Crippen LogP contribution in [0.4, 0.5) is 5.95 Å². The first-order valence-corrected chi connectivity index (χ1v) is 6.79. The summed E-state index contributed by atoms with van der Waals surface area (Å²) in [4.78, 5) is 12.1. The first-order chi connectivity index (χ1) is 8.83. The molecule has 92 valence electrons. The normalized spacial score (nSPS) is 12.7. The molecule has 1 aromatic carbocycles. The highest BCUT2D eigenvalue weighted by Crippen LogP contribution is 2.19. The molecule has 2 N–H and O–H groups in total. The number of thiazole rings is 1. The molecule has 0 amide bonds. The summed E-state index contributed by atoms with van der Waals surface area (Å²) in [6.07, 6.45) is 1.84. The first kappa shape index (κ1) is 11.2. The van der Waals surface area contributed by atoms with E-state index in [9.17, 15) is 0 Å². The summed E-state index contributed by atoms with van der Waals surface area (Å²) in [5.74, 6) is 1.21. The summed E-state index contributed by atoms with van der Waals surface area (Å²) in [6.45, 7) is 2.99. The molecule has 0 saturated heterocycles. The summed E-state index contributed by atoms with van der Waals surface area (Å²) in [5, 5.41) is 6.48. The molecule has 0 spiro atoms. The highest BCUT2D eigenvalue weighted by Gasteiger charge is 2.09. The number of anilines is 1. The third-order valence-corrected chi connectivity index (χ3v) is 3.85. The Morgan fingerprint density at radius 3 is 3.06 bits per heavy atom. The highest BCUT2D eigenvalue weighted by molar-refractivity contribution is 7.09. The van der Waals surface area contributed by atoms with Gasteiger partial charge in [0, 0.05) is 24.0 Å². The number of hydrogen-bond donors (Lipinski definition) is 2. The molecule has 3 rings (SSSR count). The van der Waals surface area contributed by atoms with Gasteiger partial charge in [0.2, 0.25) is 5.95 Å². The van der Waals surface area contributed by atoms with Gasteiger partial charge in [0.25, 0.3) is 0 Å². The Morgan fingerprint density at radius 1 is 1.39 bits per heavy atom. The molecule has 0 fully saturated rings. The maximum Gasteiger partial charge on any atom is 0.201 e. The van der Waals surface area contributed by atoms with Crippen molar-refractivity contribution in [2.45, 2.75) is 12.8 Å². The lowest BCUT2D eigenvalue weighted by atomic mass is 10.2. The zero-order chi connectivity index (χ0) is 12.4. The third kappa shape index (κ3) is 2.22. The molecule has 0 unspecified atom stereocenters. The smallest absolute Gasteiger partial charge is 0.201 e. The van der Waals surface area contributed by atoms with Crippen molar-refractivity contribution in [2.75, 3.05) is 11.9 Å². The number of rotatable bonds is 4. The van der Waals surface area contributed by atoms with Crippen LogP contribution in [0.15, 0.2) is 35.8 Å². The number of nitrogens with zero attached hydrogens (tertiary/aromatic N) is 2. The number of para-hydroxylation sites is 2. The van der Waals surface area contributed by atoms with Crippen LogP contribution >= 0.6 is 11.3 Å². The van der Waals surface area contributed by atoms with Gasteiger partial charge in [-0.25, -0.2) is 9.97 Å². The SMILES string of the molecule is C[C@@H](CNc1nc2ccccc2[nH]1)c1nccs1. The Morgan fingerprint density at radius 2 is 2.28 bits per heavy atom. The Labute approximate surface area is 109 Å². The highest BCUT2D eigenvalue weighted by atomic mass is 32.1. The van der Waals surface area contributed by atoms with Gasteiger partial charge in [-0.05, 0) is 12.1 Å². The van der Waals surface area contributed by atoms with E-state index in [0.29, 0.717) is 5.92 Å². The molecule has 0 saturated carbocycles. The van der Waals surface area contributed by atoms with Crippen LogP contribution in [0.5, 0.6) is 0 Å². The topological polar surface area (TPSA) is 53.6 Å². The zero-order valence-electron chi connectivity index (χ0n) is 10.1. The fourth-order valence-corrected chi connectivity index (χ4v) is 2.55. The van der Waals surface area contributed by atoms with E-state index in [0.717, 1.165) is 28.5 Å². The summed E-state index contributed by atoms with van der Waals surface area (Å²) in [7, 11) is 0. The van der Waals surface area contributed by atoms with Crippen molar-refractivity contribution in [2.24, 2.45) is 0 Å².